The fourth-order valence-corrected chi connectivity index (χ4v) is 3.72. The van der Waals surface area contributed by atoms with E-state index in [9.17, 15) is 0 Å². The molecule has 0 aromatic carbocycles. The van der Waals surface area contributed by atoms with Crippen LogP contribution in [-0.4, -0.2) is 36.1 Å². The van der Waals surface area contributed by atoms with E-state index >= 15 is 0 Å². The molecule has 2 atom stereocenters. The van der Waals surface area contributed by atoms with Crippen molar-refractivity contribution in [2.45, 2.75) is 83.3 Å². The SMILES string of the molecule is CCCC(CCC)NC1CCN2CCCC2C1. The minimum absolute atomic E-state index is 0.781. The Morgan fingerprint density at radius 1 is 1.12 bits per heavy atom. The summed E-state index contributed by atoms with van der Waals surface area (Å²) in [5, 5.41) is 3.94. The summed E-state index contributed by atoms with van der Waals surface area (Å²) >= 11 is 0. The number of piperidine rings is 1. The summed E-state index contributed by atoms with van der Waals surface area (Å²) in [4.78, 5) is 2.72. The highest BCUT2D eigenvalue weighted by Crippen LogP contribution is 2.27. The summed E-state index contributed by atoms with van der Waals surface area (Å²) in [6, 6.07) is 2.49. The molecule has 2 heteroatoms. The van der Waals surface area contributed by atoms with E-state index in [-0.39, 0.29) is 0 Å². The summed E-state index contributed by atoms with van der Waals surface area (Å²) in [6.07, 6.45) is 11.0. The second-order valence-corrected chi connectivity index (χ2v) is 5.99. The van der Waals surface area contributed by atoms with E-state index in [0.29, 0.717) is 0 Å². The van der Waals surface area contributed by atoms with E-state index < -0.39 is 0 Å². The highest BCUT2D eigenvalue weighted by atomic mass is 15.2. The molecular weight excluding hydrogens is 208 g/mol. The van der Waals surface area contributed by atoms with Gasteiger partial charge in [0, 0.05) is 18.1 Å². The molecule has 2 aliphatic rings. The van der Waals surface area contributed by atoms with Crippen LogP contribution in [0.2, 0.25) is 0 Å². The lowest BCUT2D eigenvalue weighted by Gasteiger charge is -2.37. The van der Waals surface area contributed by atoms with E-state index in [1.54, 1.807) is 0 Å². The van der Waals surface area contributed by atoms with Crippen molar-refractivity contribution in [1.82, 2.24) is 10.2 Å². The maximum Gasteiger partial charge on any atom is 0.0111 e. The van der Waals surface area contributed by atoms with Crippen LogP contribution in [0.15, 0.2) is 0 Å². The Bertz CT molecular complexity index is 211. The van der Waals surface area contributed by atoms with Crippen molar-refractivity contribution in [3.8, 4) is 0 Å². The lowest BCUT2D eigenvalue weighted by molar-refractivity contribution is 0.158. The Morgan fingerprint density at radius 3 is 2.59 bits per heavy atom. The van der Waals surface area contributed by atoms with E-state index in [0.717, 1.165) is 18.1 Å². The minimum atomic E-state index is 0.781. The first-order chi connectivity index (χ1) is 8.33. The van der Waals surface area contributed by atoms with Gasteiger partial charge in [0.25, 0.3) is 0 Å². The normalized spacial score (nSPS) is 29.8. The third-order valence-corrected chi connectivity index (χ3v) is 4.57. The van der Waals surface area contributed by atoms with Gasteiger partial charge >= 0.3 is 0 Å². The predicted octanol–water partition coefficient (Wildman–Crippen LogP) is 3.17. The fourth-order valence-electron chi connectivity index (χ4n) is 3.72. The molecule has 0 bridgehead atoms. The smallest absolute Gasteiger partial charge is 0.0111 e. The summed E-state index contributed by atoms with van der Waals surface area (Å²) < 4.78 is 0. The Labute approximate surface area is 107 Å². The van der Waals surface area contributed by atoms with Gasteiger partial charge in [-0.25, -0.2) is 0 Å². The molecule has 0 aliphatic carbocycles. The zero-order valence-electron chi connectivity index (χ0n) is 11.8. The van der Waals surface area contributed by atoms with E-state index in [1.807, 2.05) is 0 Å². The van der Waals surface area contributed by atoms with Crippen molar-refractivity contribution >= 4 is 0 Å². The Morgan fingerprint density at radius 2 is 1.88 bits per heavy atom. The molecule has 2 nitrogen and oxygen atoms in total. The third kappa shape index (κ3) is 3.69. The van der Waals surface area contributed by atoms with E-state index in [4.69, 9.17) is 0 Å². The van der Waals surface area contributed by atoms with Gasteiger partial charge in [-0.2, -0.15) is 0 Å². The van der Waals surface area contributed by atoms with Crippen molar-refractivity contribution in [2.75, 3.05) is 13.1 Å². The van der Waals surface area contributed by atoms with Crippen LogP contribution in [-0.2, 0) is 0 Å². The zero-order chi connectivity index (χ0) is 12.1. The van der Waals surface area contributed by atoms with Gasteiger partial charge in [0.15, 0.2) is 0 Å². The lowest BCUT2D eigenvalue weighted by atomic mass is 9.95. The van der Waals surface area contributed by atoms with Crippen LogP contribution in [0.25, 0.3) is 0 Å². The van der Waals surface area contributed by atoms with Crippen LogP contribution in [0.5, 0.6) is 0 Å². The zero-order valence-corrected chi connectivity index (χ0v) is 11.8. The molecule has 0 aromatic heterocycles. The van der Waals surface area contributed by atoms with Gasteiger partial charge in [0.2, 0.25) is 0 Å². The van der Waals surface area contributed by atoms with Gasteiger partial charge in [0.1, 0.15) is 0 Å². The molecule has 0 saturated carbocycles. The number of rotatable bonds is 6. The summed E-state index contributed by atoms with van der Waals surface area (Å²) in [7, 11) is 0. The molecule has 0 radical (unpaired) electrons. The highest BCUT2D eigenvalue weighted by Gasteiger charge is 2.32. The summed E-state index contributed by atoms with van der Waals surface area (Å²) in [5.41, 5.74) is 0. The highest BCUT2D eigenvalue weighted by molar-refractivity contribution is 4.90. The molecule has 2 heterocycles. The molecular formula is C15H30N2. The Hall–Kier alpha value is -0.0800. The topological polar surface area (TPSA) is 15.3 Å². The maximum atomic E-state index is 3.94. The number of nitrogens with one attached hydrogen (secondary N) is 1. The number of nitrogens with zero attached hydrogens (tertiary/aromatic N) is 1. The van der Waals surface area contributed by atoms with Gasteiger partial charge in [-0.3, -0.25) is 0 Å². The third-order valence-electron chi connectivity index (χ3n) is 4.57. The molecule has 2 rings (SSSR count). The molecule has 0 aromatic rings. The quantitative estimate of drug-likeness (QED) is 0.764. The predicted molar refractivity (Wildman–Crippen MR) is 74.4 cm³/mol. The van der Waals surface area contributed by atoms with E-state index in [1.165, 1.54) is 64.5 Å². The molecule has 0 amide bonds. The minimum Gasteiger partial charge on any atom is -0.311 e. The van der Waals surface area contributed by atoms with Gasteiger partial charge in [-0.05, 0) is 51.6 Å². The molecule has 0 spiro atoms. The first kappa shape index (κ1) is 13.4. The van der Waals surface area contributed by atoms with Crippen molar-refractivity contribution < 1.29 is 0 Å². The number of hydrogen-bond donors (Lipinski definition) is 1. The monoisotopic (exact) mass is 238 g/mol. The molecule has 1 N–H and O–H groups in total. The van der Waals surface area contributed by atoms with Crippen LogP contribution in [0.4, 0.5) is 0 Å². The molecule has 17 heavy (non-hydrogen) atoms. The first-order valence-electron chi connectivity index (χ1n) is 7.83. The van der Waals surface area contributed by atoms with Crippen LogP contribution < -0.4 is 5.32 Å². The van der Waals surface area contributed by atoms with E-state index in [2.05, 4.69) is 24.1 Å². The molecule has 100 valence electrons. The van der Waals surface area contributed by atoms with Crippen LogP contribution in [0.3, 0.4) is 0 Å². The van der Waals surface area contributed by atoms with Crippen molar-refractivity contribution in [3.63, 3.8) is 0 Å². The Balaban J connectivity index is 1.77. The molecule has 2 unspecified atom stereocenters. The summed E-state index contributed by atoms with van der Waals surface area (Å²) in [5.74, 6) is 0. The average Bonchev–Trinajstić information content (AvgIpc) is 2.77. The summed E-state index contributed by atoms with van der Waals surface area (Å²) in [6.45, 7) is 7.33. The number of hydrogen-bond acceptors (Lipinski definition) is 2. The van der Waals surface area contributed by atoms with Crippen molar-refractivity contribution in [2.24, 2.45) is 0 Å². The Kier molecular flexibility index (Phi) is 5.30. The van der Waals surface area contributed by atoms with Gasteiger partial charge in [-0.15, -0.1) is 0 Å². The van der Waals surface area contributed by atoms with Crippen molar-refractivity contribution in [1.29, 1.82) is 0 Å². The van der Waals surface area contributed by atoms with Crippen LogP contribution in [0.1, 0.15) is 65.2 Å². The maximum absolute atomic E-state index is 3.94. The number of fused-ring (bicyclic) bond motifs is 1. The lowest BCUT2D eigenvalue weighted by Crippen LogP contribution is -2.48. The molecule has 2 aliphatic heterocycles. The molecule has 2 saturated heterocycles. The standard InChI is InChI=1S/C15H30N2/c1-3-6-13(7-4-2)16-14-9-11-17-10-5-8-15(17)12-14/h13-16H,3-12H2,1-2H3. The fraction of sp³-hybridized carbons (Fsp3) is 1.00. The second-order valence-electron chi connectivity index (χ2n) is 5.99. The first-order valence-corrected chi connectivity index (χ1v) is 7.83. The van der Waals surface area contributed by atoms with Gasteiger partial charge in [-0.1, -0.05) is 26.7 Å². The second kappa shape index (κ2) is 6.75. The largest absolute Gasteiger partial charge is 0.311 e. The van der Waals surface area contributed by atoms with Gasteiger partial charge in [0.05, 0.1) is 0 Å². The van der Waals surface area contributed by atoms with Gasteiger partial charge < -0.3 is 10.2 Å². The van der Waals surface area contributed by atoms with Crippen LogP contribution in [0, 0.1) is 0 Å². The van der Waals surface area contributed by atoms with Crippen LogP contribution >= 0.6 is 0 Å². The van der Waals surface area contributed by atoms with Crippen molar-refractivity contribution in [3.05, 3.63) is 0 Å². The molecule has 2 fully saturated rings. The average molecular weight is 238 g/mol.